The van der Waals surface area contributed by atoms with Gasteiger partial charge in [0.1, 0.15) is 12.7 Å². The van der Waals surface area contributed by atoms with Crippen molar-refractivity contribution in [1.82, 2.24) is 4.90 Å². The molecule has 0 saturated carbocycles. The number of ketones is 1. The summed E-state index contributed by atoms with van der Waals surface area (Å²) in [5.41, 5.74) is -1.30. The molecule has 1 unspecified atom stereocenters. The van der Waals surface area contributed by atoms with Crippen LogP contribution in [0.25, 0.3) is 0 Å². The summed E-state index contributed by atoms with van der Waals surface area (Å²) in [5, 5.41) is -0.0275. The Bertz CT molecular complexity index is 701. The maximum Gasteiger partial charge on any atom is 0.344 e. The number of amides is 1. The SMILES string of the molecule is C=CCOC(=O)C(Cl)N1C(=O)[C@H]([C@@H](C)O[Si](C)(C)C(C)(C)C)[C@H]1CC(=O)[C@@H]1CCCO1. The van der Waals surface area contributed by atoms with Gasteiger partial charge in [0, 0.05) is 13.0 Å². The maximum absolute atomic E-state index is 13.1. The van der Waals surface area contributed by atoms with Gasteiger partial charge in [-0.3, -0.25) is 9.59 Å². The van der Waals surface area contributed by atoms with E-state index in [1.54, 1.807) is 0 Å². The fourth-order valence-electron chi connectivity index (χ4n) is 3.82. The zero-order chi connectivity index (χ0) is 23.6. The molecule has 31 heavy (non-hydrogen) atoms. The topological polar surface area (TPSA) is 82.1 Å². The third-order valence-corrected chi connectivity index (χ3v) is 11.5. The Kier molecular flexibility index (Phi) is 8.52. The largest absolute Gasteiger partial charge is 0.459 e. The summed E-state index contributed by atoms with van der Waals surface area (Å²) < 4.78 is 17.0. The number of rotatable bonds is 10. The summed E-state index contributed by atoms with van der Waals surface area (Å²) in [6, 6.07) is -0.539. The van der Waals surface area contributed by atoms with Crippen molar-refractivity contribution >= 4 is 37.6 Å². The molecule has 2 aliphatic rings. The van der Waals surface area contributed by atoms with Crippen molar-refractivity contribution in [3.63, 3.8) is 0 Å². The molecule has 7 nitrogen and oxygen atoms in total. The molecule has 0 radical (unpaired) electrons. The van der Waals surface area contributed by atoms with Gasteiger partial charge >= 0.3 is 5.97 Å². The van der Waals surface area contributed by atoms with Gasteiger partial charge in [-0.15, -0.1) is 0 Å². The van der Waals surface area contributed by atoms with Gasteiger partial charge < -0.3 is 18.8 Å². The lowest BCUT2D eigenvalue weighted by Crippen LogP contribution is -2.69. The second kappa shape index (κ2) is 10.1. The smallest absolute Gasteiger partial charge is 0.344 e. The van der Waals surface area contributed by atoms with Crippen LogP contribution < -0.4 is 0 Å². The summed E-state index contributed by atoms with van der Waals surface area (Å²) >= 11 is 6.30. The van der Waals surface area contributed by atoms with Gasteiger partial charge in [0.25, 0.3) is 0 Å². The minimum Gasteiger partial charge on any atom is -0.459 e. The van der Waals surface area contributed by atoms with E-state index in [0.29, 0.717) is 13.0 Å². The van der Waals surface area contributed by atoms with Crippen LogP contribution in [-0.2, 0) is 28.3 Å². The predicted octanol–water partition coefficient (Wildman–Crippen LogP) is 3.66. The Hall–Kier alpha value is -1.22. The van der Waals surface area contributed by atoms with E-state index in [1.807, 2.05) is 6.92 Å². The summed E-state index contributed by atoms with van der Waals surface area (Å²) in [6.07, 6.45) is 2.15. The van der Waals surface area contributed by atoms with Gasteiger partial charge in [0.15, 0.2) is 14.1 Å². The highest BCUT2D eigenvalue weighted by Crippen LogP contribution is 2.42. The molecular weight excluding hydrogens is 438 g/mol. The molecule has 0 aliphatic carbocycles. The first-order valence-electron chi connectivity index (χ1n) is 10.9. The van der Waals surface area contributed by atoms with Crippen LogP contribution in [0.3, 0.4) is 0 Å². The molecule has 0 aromatic carbocycles. The molecule has 2 aliphatic heterocycles. The Morgan fingerprint density at radius 2 is 2.03 bits per heavy atom. The summed E-state index contributed by atoms with van der Waals surface area (Å²) in [5.74, 6) is -1.66. The third kappa shape index (κ3) is 5.77. The molecule has 2 rings (SSSR count). The van der Waals surface area contributed by atoms with E-state index in [0.717, 1.165) is 6.42 Å². The number of Topliss-reactive ketones (excluding diaryl/α,β-unsaturated/α-hetero) is 1. The number of carbonyl (C=O) groups is 3. The number of likely N-dealkylation sites (tertiary alicyclic amines) is 1. The lowest BCUT2D eigenvalue weighted by atomic mass is 9.79. The van der Waals surface area contributed by atoms with Gasteiger partial charge in [-0.25, -0.2) is 4.79 Å². The van der Waals surface area contributed by atoms with Gasteiger partial charge in [0.2, 0.25) is 11.4 Å². The molecule has 0 N–H and O–H groups in total. The number of β-lactam (4-membered cyclic amide) rings is 1. The van der Waals surface area contributed by atoms with Crippen molar-refractivity contribution in [3.8, 4) is 0 Å². The average Bonchev–Trinajstić information content (AvgIpc) is 3.19. The highest BCUT2D eigenvalue weighted by Gasteiger charge is 2.56. The van der Waals surface area contributed by atoms with E-state index in [-0.39, 0.29) is 29.8 Å². The van der Waals surface area contributed by atoms with Crippen molar-refractivity contribution in [1.29, 1.82) is 0 Å². The molecular formula is C22H36ClNO6Si. The second-order valence-corrected chi connectivity index (χ2v) is 15.0. The molecule has 2 heterocycles. The Labute approximate surface area is 191 Å². The quantitative estimate of drug-likeness (QED) is 0.120. The molecule has 2 saturated heterocycles. The number of hydrogen-bond acceptors (Lipinski definition) is 6. The van der Waals surface area contributed by atoms with Crippen molar-refractivity contribution in [3.05, 3.63) is 12.7 Å². The normalized spacial score (nSPS) is 26.2. The number of carbonyl (C=O) groups excluding carboxylic acids is 3. The van der Waals surface area contributed by atoms with E-state index in [4.69, 9.17) is 25.5 Å². The molecule has 176 valence electrons. The molecule has 5 atom stereocenters. The van der Waals surface area contributed by atoms with Gasteiger partial charge in [-0.05, 0) is 37.9 Å². The Morgan fingerprint density at radius 1 is 1.39 bits per heavy atom. The maximum atomic E-state index is 13.1. The monoisotopic (exact) mass is 473 g/mol. The van der Waals surface area contributed by atoms with E-state index in [9.17, 15) is 14.4 Å². The first kappa shape index (κ1) is 26.0. The van der Waals surface area contributed by atoms with Crippen LogP contribution in [-0.4, -0.2) is 67.8 Å². The lowest BCUT2D eigenvalue weighted by molar-refractivity contribution is -0.174. The van der Waals surface area contributed by atoms with E-state index in [2.05, 4.69) is 40.4 Å². The van der Waals surface area contributed by atoms with Crippen molar-refractivity contribution < 1.29 is 28.3 Å². The molecule has 2 fully saturated rings. The Balaban J connectivity index is 2.20. The highest BCUT2D eigenvalue weighted by atomic mass is 35.5. The summed E-state index contributed by atoms with van der Waals surface area (Å²) in [4.78, 5) is 39.4. The molecule has 1 amide bonds. The van der Waals surface area contributed by atoms with Crippen LogP contribution in [0.2, 0.25) is 18.1 Å². The van der Waals surface area contributed by atoms with E-state index in [1.165, 1.54) is 11.0 Å². The fourth-order valence-corrected chi connectivity index (χ4v) is 5.55. The zero-order valence-corrected chi connectivity index (χ0v) is 21.2. The number of alkyl halides is 1. The van der Waals surface area contributed by atoms with Gasteiger partial charge in [0.05, 0.1) is 18.1 Å². The molecule has 0 aromatic heterocycles. The third-order valence-electron chi connectivity index (χ3n) is 6.59. The number of nitrogens with zero attached hydrogens (tertiary/aromatic N) is 1. The fraction of sp³-hybridized carbons (Fsp3) is 0.773. The van der Waals surface area contributed by atoms with Crippen LogP contribution in [0.15, 0.2) is 12.7 Å². The standard InChI is InChI=1S/C22H36ClNO6Si/c1-8-11-29-21(27)19(23)24-15(13-16(25)17-10-9-12-28-17)18(20(24)26)14(2)30-31(6,7)22(3,4)5/h8,14-15,17-19H,1,9-13H2,2-7H3/t14-,15-,17+,18-,19?/m1/s1. The minimum atomic E-state index is -2.14. The first-order chi connectivity index (χ1) is 14.3. The minimum absolute atomic E-state index is 0.00207. The van der Waals surface area contributed by atoms with Crippen molar-refractivity contribution in [2.45, 2.75) is 88.8 Å². The van der Waals surface area contributed by atoms with Crippen molar-refractivity contribution in [2.75, 3.05) is 13.2 Å². The molecule has 9 heteroatoms. The first-order valence-corrected chi connectivity index (χ1v) is 14.2. The van der Waals surface area contributed by atoms with Crippen LogP contribution in [0.5, 0.6) is 0 Å². The molecule has 0 spiro atoms. The van der Waals surface area contributed by atoms with E-state index >= 15 is 0 Å². The number of halogens is 1. The Morgan fingerprint density at radius 3 is 2.55 bits per heavy atom. The van der Waals surface area contributed by atoms with E-state index < -0.39 is 44.0 Å². The van der Waals surface area contributed by atoms with Gasteiger partial charge in [-0.2, -0.15) is 0 Å². The second-order valence-electron chi connectivity index (χ2n) is 9.85. The highest BCUT2D eigenvalue weighted by molar-refractivity contribution is 6.74. The van der Waals surface area contributed by atoms with Crippen LogP contribution in [0.4, 0.5) is 0 Å². The molecule has 0 bridgehead atoms. The molecule has 0 aromatic rings. The average molecular weight is 474 g/mol. The number of hydrogen-bond donors (Lipinski definition) is 0. The number of ether oxygens (including phenoxy) is 2. The van der Waals surface area contributed by atoms with Crippen molar-refractivity contribution in [2.24, 2.45) is 5.92 Å². The summed E-state index contributed by atoms with van der Waals surface area (Å²) in [7, 11) is -2.14. The van der Waals surface area contributed by atoms with Crippen LogP contribution >= 0.6 is 11.6 Å². The van der Waals surface area contributed by atoms with Crippen LogP contribution in [0.1, 0.15) is 47.0 Å². The summed E-state index contributed by atoms with van der Waals surface area (Å²) in [6.45, 7) is 16.5. The number of esters is 1. The van der Waals surface area contributed by atoms with Gasteiger partial charge in [-0.1, -0.05) is 45.0 Å². The predicted molar refractivity (Wildman–Crippen MR) is 121 cm³/mol. The lowest BCUT2D eigenvalue weighted by Gasteiger charge is -2.52. The zero-order valence-electron chi connectivity index (χ0n) is 19.5. The van der Waals surface area contributed by atoms with Crippen LogP contribution in [0, 0.1) is 5.92 Å².